The average Bonchev–Trinajstić information content (AvgIpc) is 3.52. The van der Waals surface area contributed by atoms with E-state index in [4.69, 9.17) is 0 Å². The summed E-state index contributed by atoms with van der Waals surface area (Å²) in [6.07, 6.45) is 5.87. The van der Waals surface area contributed by atoms with Crippen molar-refractivity contribution in [3.8, 4) is 0 Å². The van der Waals surface area contributed by atoms with Gasteiger partial charge >= 0.3 is 0 Å². The SMILES string of the molecule is O=C(NC1CC1)C(Nc1ccc(N2CCCCC2)cc1)c1ccc(F)cc1. The van der Waals surface area contributed by atoms with Gasteiger partial charge in [-0.25, -0.2) is 4.39 Å². The molecule has 1 aliphatic carbocycles. The molecular weight excluding hydrogens is 341 g/mol. The van der Waals surface area contributed by atoms with Crippen molar-refractivity contribution in [3.05, 3.63) is 59.9 Å². The molecule has 1 aliphatic heterocycles. The van der Waals surface area contributed by atoms with E-state index in [0.717, 1.165) is 37.2 Å². The highest BCUT2D eigenvalue weighted by molar-refractivity contribution is 5.86. The Morgan fingerprint density at radius 2 is 1.63 bits per heavy atom. The standard InChI is InChI=1S/C22H26FN3O/c23-17-6-4-16(5-7-17)21(22(27)25-19-8-9-19)24-18-10-12-20(13-11-18)26-14-2-1-3-15-26/h4-7,10-13,19,21,24H,1-3,8-9,14-15H2,(H,25,27). The number of anilines is 2. The van der Waals surface area contributed by atoms with Gasteiger partial charge in [0.1, 0.15) is 11.9 Å². The van der Waals surface area contributed by atoms with Gasteiger partial charge in [0.25, 0.3) is 0 Å². The van der Waals surface area contributed by atoms with E-state index in [9.17, 15) is 9.18 Å². The largest absolute Gasteiger partial charge is 0.372 e. The van der Waals surface area contributed by atoms with Crippen LogP contribution in [0.5, 0.6) is 0 Å². The lowest BCUT2D eigenvalue weighted by Crippen LogP contribution is -2.34. The maximum absolute atomic E-state index is 13.3. The van der Waals surface area contributed by atoms with E-state index in [0.29, 0.717) is 0 Å². The van der Waals surface area contributed by atoms with Crippen LogP contribution >= 0.6 is 0 Å². The van der Waals surface area contributed by atoms with E-state index < -0.39 is 6.04 Å². The van der Waals surface area contributed by atoms with Crippen LogP contribution in [0.15, 0.2) is 48.5 Å². The van der Waals surface area contributed by atoms with Gasteiger partial charge in [-0.3, -0.25) is 4.79 Å². The van der Waals surface area contributed by atoms with Crippen LogP contribution in [-0.4, -0.2) is 25.0 Å². The molecule has 4 rings (SSSR count). The second-order valence-corrected chi connectivity index (χ2v) is 7.51. The first kappa shape index (κ1) is 17.8. The number of hydrogen-bond donors (Lipinski definition) is 2. The number of rotatable bonds is 6. The minimum absolute atomic E-state index is 0.0655. The molecule has 0 spiro atoms. The van der Waals surface area contributed by atoms with Crippen LogP contribution in [0.25, 0.3) is 0 Å². The molecule has 2 aliphatic rings. The number of carbonyl (C=O) groups excluding carboxylic acids is 1. The normalized spacial score (nSPS) is 18.0. The number of piperidine rings is 1. The third-order valence-corrected chi connectivity index (χ3v) is 5.29. The molecule has 1 amide bonds. The Morgan fingerprint density at radius 3 is 2.26 bits per heavy atom. The van der Waals surface area contributed by atoms with E-state index in [2.05, 4.69) is 27.7 Å². The minimum Gasteiger partial charge on any atom is -0.372 e. The van der Waals surface area contributed by atoms with Crippen LogP contribution in [0.1, 0.15) is 43.7 Å². The van der Waals surface area contributed by atoms with Crippen molar-refractivity contribution >= 4 is 17.3 Å². The Hall–Kier alpha value is -2.56. The highest BCUT2D eigenvalue weighted by atomic mass is 19.1. The van der Waals surface area contributed by atoms with Crippen LogP contribution in [0.3, 0.4) is 0 Å². The zero-order valence-corrected chi connectivity index (χ0v) is 15.5. The number of halogens is 1. The van der Waals surface area contributed by atoms with Crippen LogP contribution in [0, 0.1) is 5.82 Å². The zero-order chi connectivity index (χ0) is 18.6. The van der Waals surface area contributed by atoms with Crippen molar-refractivity contribution in [2.45, 2.75) is 44.2 Å². The number of nitrogens with one attached hydrogen (secondary N) is 2. The van der Waals surface area contributed by atoms with Crippen molar-refractivity contribution in [2.75, 3.05) is 23.3 Å². The quantitative estimate of drug-likeness (QED) is 0.802. The summed E-state index contributed by atoms with van der Waals surface area (Å²) in [5, 5.41) is 6.37. The molecule has 0 bridgehead atoms. The van der Waals surface area contributed by atoms with Gasteiger partial charge in [-0.1, -0.05) is 12.1 Å². The Morgan fingerprint density at radius 1 is 0.963 bits per heavy atom. The fourth-order valence-electron chi connectivity index (χ4n) is 3.55. The molecule has 2 fully saturated rings. The van der Waals surface area contributed by atoms with Crippen molar-refractivity contribution in [1.29, 1.82) is 0 Å². The fraction of sp³-hybridized carbons (Fsp3) is 0.409. The number of carbonyl (C=O) groups is 1. The maximum atomic E-state index is 13.3. The van der Waals surface area contributed by atoms with E-state index in [1.165, 1.54) is 37.1 Å². The molecule has 27 heavy (non-hydrogen) atoms. The second kappa shape index (κ2) is 7.99. The molecule has 1 atom stereocenters. The van der Waals surface area contributed by atoms with Crippen molar-refractivity contribution < 1.29 is 9.18 Å². The maximum Gasteiger partial charge on any atom is 0.247 e. The number of hydrogen-bond acceptors (Lipinski definition) is 3. The molecule has 2 aromatic rings. The van der Waals surface area contributed by atoms with Gasteiger partial charge in [-0.05, 0) is 74.1 Å². The lowest BCUT2D eigenvalue weighted by Gasteiger charge is -2.29. The average molecular weight is 367 g/mol. The minimum atomic E-state index is -0.535. The molecule has 0 radical (unpaired) electrons. The topological polar surface area (TPSA) is 44.4 Å². The van der Waals surface area contributed by atoms with Crippen molar-refractivity contribution in [3.63, 3.8) is 0 Å². The van der Waals surface area contributed by atoms with Gasteiger partial charge in [-0.2, -0.15) is 0 Å². The summed E-state index contributed by atoms with van der Waals surface area (Å²) >= 11 is 0. The van der Waals surface area contributed by atoms with E-state index in [1.54, 1.807) is 12.1 Å². The third kappa shape index (κ3) is 4.59. The smallest absolute Gasteiger partial charge is 0.247 e. The monoisotopic (exact) mass is 367 g/mol. The van der Waals surface area contributed by atoms with Gasteiger partial charge in [0.2, 0.25) is 5.91 Å². The highest BCUT2D eigenvalue weighted by Gasteiger charge is 2.28. The lowest BCUT2D eigenvalue weighted by molar-refractivity contribution is -0.122. The molecular formula is C22H26FN3O. The first-order valence-electron chi connectivity index (χ1n) is 9.86. The van der Waals surface area contributed by atoms with Crippen LogP contribution in [-0.2, 0) is 4.79 Å². The Labute approximate surface area is 159 Å². The highest BCUT2D eigenvalue weighted by Crippen LogP contribution is 2.26. The molecule has 1 saturated heterocycles. The molecule has 2 N–H and O–H groups in total. The van der Waals surface area contributed by atoms with Gasteiger partial charge in [0, 0.05) is 30.5 Å². The predicted molar refractivity (Wildman–Crippen MR) is 106 cm³/mol. The molecule has 5 heteroatoms. The zero-order valence-electron chi connectivity index (χ0n) is 15.5. The predicted octanol–water partition coefficient (Wildman–Crippen LogP) is 4.25. The van der Waals surface area contributed by atoms with Gasteiger partial charge in [0.15, 0.2) is 0 Å². The molecule has 1 heterocycles. The molecule has 4 nitrogen and oxygen atoms in total. The molecule has 1 saturated carbocycles. The van der Waals surface area contributed by atoms with E-state index >= 15 is 0 Å². The lowest BCUT2D eigenvalue weighted by atomic mass is 10.1. The number of amides is 1. The number of nitrogens with zero attached hydrogens (tertiary/aromatic N) is 1. The summed E-state index contributed by atoms with van der Waals surface area (Å²) in [6.45, 7) is 2.21. The van der Waals surface area contributed by atoms with Gasteiger partial charge in [0.05, 0.1) is 0 Å². The summed E-state index contributed by atoms with van der Waals surface area (Å²) in [5.41, 5.74) is 2.87. The molecule has 142 valence electrons. The second-order valence-electron chi connectivity index (χ2n) is 7.51. The summed E-state index contributed by atoms with van der Waals surface area (Å²) in [6, 6.07) is 14.1. The summed E-state index contributed by atoms with van der Waals surface area (Å²) in [7, 11) is 0. The first-order chi connectivity index (χ1) is 13.2. The van der Waals surface area contributed by atoms with Crippen molar-refractivity contribution in [2.24, 2.45) is 0 Å². The fourth-order valence-corrected chi connectivity index (χ4v) is 3.55. The van der Waals surface area contributed by atoms with E-state index in [-0.39, 0.29) is 17.8 Å². The number of benzene rings is 2. The summed E-state index contributed by atoms with van der Waals surface area (Å²) in [4.78, 5) is 15.1. The van der Waals surface area contributed by atoms with Gasteiger partial charge < -0.3 is 15.5 Å². The Kier molecular flexibility index (Phi) is 5.28. The first-order valence-corrected chi connectivity index (χ1v) is 9.86. The van der Waals surface area contributed by atoms with Gasteiger partial charge in [-0.15, -0.1) is 0 Å². The molecule has 1 unspecified atom stereocenters. The summed E-state index contributed by atoms with van der Waals surface area (Å²) in [5.74, 6) is -0.366. The third-order valence-electron chi connectivity index (χ3n) is 5.29. The Bertz CT molecular complexity index is 765. The Balaban J connectivity index is 1.49. The van der Waals surface area contributed by atoms with E-state index in [1.807, 2.05) is 12.1 Å². The van der Waals surface area contributed by atoms with Crippen LogP contribution < -0.4 is 15.5 Å². The van der Waals surface area contributed by atoms with Crippen LogP contribution in [0.4, 0.5) is 15.8 Å². The van der Waals surface area contributed by atoms with Crippen molar-refractivity contribution in [1.82, 2.24) is 5.32 Å². The van der Waals surface area contributed by atoms with Crippen LogP contribution in [0.2, 0.25) is 0 Å². The molecule has 2 aromatic carbocycles. The molecule has 0 aromatic heterocycles. The summed E-state index contributed by atoms with van der Waals surface area (Å²) < 4.78 is 13.3.